The van der Waals surface area contributed by atoms with Crippen molar-refractivity contribution in [2.75, 3.05) is 17.4 Å². The van der Waals surface area contributed by atoms with Crippen molar-refractivity contribution < 1.29 is 18.0 Å². The van der Waals surface area contributed by atoms with Crippen molar-refractivity contribution in [2.45, 2.75) is 51.1 Å². The quantitative estimate of drug-likeness (QED) is 0.156. The van der Waals surface area contributed by atoms with E-state index in [2.05, 4.69) is 5.32 Å². The highest BCUT2D eigenvalue weighted by atomic mass is 35.5. The first-order valence-electron chi connectivity index (χ1n) is 14.8. The number of halogens is 3. The number of carbonyl (C=O) groups is 2. The van der Waals surface area contributed by atoms with Crippen LogP contribution in [0.2, 0.25) is 15.1 Å². The minimum atomic E-state index is -4.26. The Balaban J connectivity index is 1.85. The van der Waals surface area contributed by atoms with Gasteiger partial charge in [-0.25, -0.2) is 8.42 Å². The highest BCUT2D eigenvalue weighted by molar-refractivity contribution is 7.92. The van der Waals surface area contributed by atoms with Crippen molar-refractivity contribution in [3.63, 3.8) is 0 Å². The molecule has 0 aliphatic rings. The molecule has 1 unspecified atom stereocenters. The SMILES string of the molecule is CCCNC(=O)C(Cc1ccccc1)N(Cc1c(Cl)cccc1Cl)C(=O)CN(c1ccc(C)c(C)c1)S(=O)(=O)c1ccc(Cl)cc1. The molecule has 0 saturated heterocycles. The second-order valence-corrected chi connectivity index (χ2v) is 14.1. The van der Waals surface area contributed by atoms with E-state index in [0.29, 0.717) is 39.3 Å². The Hall–Kier alpha value is -3.56. The molecule has 7 nitrogen and oxygen atoms in total. The van der Waals surface area contributed by atoms with Crippen LogP contribution in [0.25, 0.3) is 0 Å². The van der Waals surface area contributed by atoms with Gasteiger partial charge in [-0.1, -0.05) is 84.2 Å². The third-order valence-electron chi connectivity index (χ3n) is 7.67. The summed E-state index contributed by atoms with van der Waals surface area (Å²) < 4.78 is 29.4. The number of aryl methyl sites for hydroxylation is 2. The maximum Gasteiger partial charge on any atom is 0.264 e. The molecule has 0 radical (unpaired) electrons. The number of anilines is 1. The molecule has 0 saturated carbocycles. The van der Waals surface area contributed by atoms with E-state index >= 15 is 0 Å². The molecule has 46 heavy (non-hydrogen) atoms. The zero-order valence-corrected chi connectivity index (χ0v) is 28.9. The van der Waals surface area contributed by atoms with Gasteiger partial charge < -0.3 is 10.2 Å². The van der Waals surface area contributed by atoms with Crippen molar-refractivity contribution >= 4 is 62.3 Å². The van der Waals surface area contributed by atoms with Crippen LogP contribution < -0.4 is 9.62 Å². The van der Waals surface area contributed by atoms with Gasteiger partial charge in [-0.15, -0.1) is 0 Å². The molecule has 0 aromatic heterocycles. The van der Waals surface area contributed by atoms with Crippen LogP contribution in [0.4, 0.5) is 5.69 Å². The fourth-order valence-electron chi connectivity index (χ4n) is 4.92. The molecule has 0 fully saturated rings. The van der Waals surface area contributed by atoms with Crippen molar-refractivity contribution in [1.82, 2.24) is 10.2 Å². The minimum Gasteiger partial charge on any atom is -0.354 e. The molecule has 242 valence electrons. The number of hydrogen-bond acceptors (Lipinski definition) is 4. The predicted octanol–water partition coefficient (Wildman–Crippen LogP) is 7.63. The van der Waals surface area contributed by atoms with Crippen LogP contribution >= 0.6 is 34.8 Å². The number of carbonyl (C=O) groups excluding carboxylic acids is 2. The monoisotopic (exact) mass is 699 g/mol. The Morgan fingerprint density at radius 2 is 1.48 bits per heavy atom. The smallest absolute Gasteiger partial charge is 0.264 e. The summed E-state index contributed by atoms with van der Waals surface area (Å²) in [5.41, 5.74) is 3.38. The first-order chi connectivity index (χ1) is 21.9. The lowest BCUT2D eigenvalue weighted by atomic mass is 10.0. The minimum absolute atomic E-state index is 0.0369. The Kier molecular flexibility index (Phi) is 12.1. The van der Waals surface area contributed by atoms with Gasteiger partial charge in [-0.2, -0.15) is 0 Å². The maximum atomic E-state index is 14.6. The number of nitrogens with one attached hydrogen (secondary N) is 1. The zero-order valence-electron chi connectivity index (χ0n) is 25.8. The molecule has 0 bridgehead atoms. The lowest BCUT2D eigenvalue weighted by Crippen LogP contribution is -2.53. The van der Waals surface area contributed by atoms with Crippen LogP contribution in [0, 0.1) is 13.8 Å². The van der Waals surface area contributed by atoms with E-state index in [-0.39, 0.29) is 23.8 Å². The molecule has 11 heteroatoms. The van der Waals surface area contributed by atoms with Gasteiger partial charge in [0.05, 0.1) is 10.6 Å². The molecule has 1 atom stereocenters. The third kappa shape index (κ3) is 8.62. The molecule has 4 aromatic rings. The standard InChI is InChI=1S/C35H36Cl3N3O4S/c1-4-19-39-35(43)33(21-26-9-6-5-7-10-26)40(22-30-31(37)11-8-12-32(30)38)34(42)23-41(28-16-13-24(2)25(3)20-28)46(44,45)29-17-14-27(36)15-18-29/h5-18,20,33H,4,19,21-23H2,1-3H3,(H,39,43). The summed E-state index contributed by atoms with van der Waals surface area (Å²) in [5.74, 6) is -0.986. The van der Waals surface area contributed by atoms with Crippen LogP contribution in [0.3, 0.4) is 0 Å². The summed E-state index contributed by atoms with van der Waals surface area (Å²) in [6.07, 6.45) is 0.867. The van der Waals surface area contributed by atoms with Gasteiger partial charge in [-0.3, -0.25) is 13.9 Å². The largest absolute Gasteiger partial charge is 0.354 e. The van der Waals surface area contributed by atoms with E-state index < -0.39 is 28.5 Å². The molecule has 0 aliphatic heterocycles. The Morgan fingerprint density at radius 3 is 2.09 bits per heavy atom. The van der Waals surface area contributed by atoms with Crippen molar-refractivity contribution in [2.24, 2.45) is 0 Å². The summed E-state index contributed by atoms with van der Waals surface area (Å²) in [5, 5.41) is 3.93. The van der Waals surface area contributed by atoms with Gasteiger partial charge in [-0.05, 0) is 85.5 Å². The number of hydrogen-bond donors (Lipinski definition) is 1. The summed E-state index contributed by atoms with van der Waals surface area (Å²) in [6, 6.07) is 24.3. The van der Waals surface area contributed by atoms with Crippen LogP contribution in [0.15, 0.2) is 95.9 Å². The number of amides is 2. The first-order valence-corrected chi connectivity index (χ1v) is 17.4. The van der Waals surface area contributed by atoms with Crippen molar-refractivity contribution in [1.29, 1.82) is 0 Å². The average molecular weight is 701 g/mol. The number of nitrogens with zero attached hydrogens (tertiary/aromatic N) is 2. The predicted molar refractivity (Wildman–Crippen MR) is 186 cm³/mol. The number of benzene rings is 4. The van der Waals surface area contributed by atoms with Crippen LogP contribution in [0.1, 0.15) is 35.6 Å². The molecule has 0 spiro atoms. The van der Waals surface area contributed by atoms with Gasteiger partial charge in [0.15, 0.2) is 0 Å². The molecular weight excluding hydrogens is 665 g/mol. The molecule has 4 aromatic carbocycles. The Bertz CT molecular complexity index is 1760. The fraction of sp³-hybridized carbons (Fsp3) is 0.257. The normalized spacial score (nSPS) is 12.0. The number of sulfonamides is 1. The van der Waals surface area contributed by atoms with Gasteiger partial charge in [0.2, 0.25) is 11.8 Å². The van der Waals surface area contributed by atoms with E-state index in [1.54, 1.807) is 36.4 Å². The average Bonchev–Trinajstić information content (AvgIpc) is 3.03. The lowest BCUT2D eigenvalue weighted by Gasteiger charge is -2.34. The Morgan fingerprint density at radius 1 is 0.826 bits per heavy atom. The molecule has 0 heterocycles. The molecular formula is C35H36Cl3N3O4S. The maximum absolute atomic E-state index is 14.6. The lowest BCUT2D eigenvalue weighted by molar-refractivity contribution is -0.140. The summed E-state index contributed by atoms with van der Waals surface area (Å²) in [6.45, 7) is 5.40. The summed E-state index contributed by atoms with van der Waals surface area (Å²) in [7, 11) is -4.26. The van der Waals surface area contributed by atoms with E-state index in [1.807, 2.05) is 51.1 Å². The molecule has 4 rings (SSSR count). The summed E-state index contributed by atoms with van der Waals surface area (Å²) >= 11 is 19.2. The molecule has 1 N–H and O–H groups in total. The van der Waals surface area contributed by atoms with Gasteiger partial charge >= 0.3 is 0 Å². The van der Waals surface area contributed by atoms with Crippen LogP contribution in [-0.4, -0.2) is 44.3 Å². The highest BCUT2D eigenvalue weighted by Gasteiger charge is 2.35. The van der Waals surface area contributed by atoms with E-state index in [1.165, 1.54) is 29.2 Å². The number of rotatable bonds is 13. The third-order valence-corrected chi connectivity index (χ3v) is 10.4. The van der Waals surface area contributed by atoms with Crippen LogP contribution in [-0.2, 0) is 32.6 Å². The van der Waals surface area contributed by atoms with Crippen molar-refractivity contribution in [3.8, 4) is 0 Å². The molecule has 0 aliphatic carbocycles. The highest BCUT2D eigenvalue weighted by Crippen LogP contribution is 2.30. The topological polar surface area (TPSA) is 86.8 Å². The van der Waals surface area contributed by atoms with Gasteiger partial charge in [0.25, 0.3) is 10.0 Å². The molecule has 2 amide bonds. The van der Waals surface area contributed by atoms with E-state index in [9.17, 15) is 18.0 Å². The van der Waals surface area contributed by atoms with Crippen LogP contribution in [0.5, 0.6) is 0 Å². The Labute approximate surface area is 286 Å². The van der Waals surface area contributed by atoms with E-state index in [0.717, 1.165) is 21.0 Å². The first kappa shape index (κ1) is 35.3. The summed E-state index contributed by atoms with van der Waals surface area (Å²) in [4.78, 5) is 29.7. The van der Waals surface area contributed by atoms with Gasteiger partial charge in [0.1, 0.15) is 12.6 Å². The fourth-order valence-corrected chi connectivity index (χ4v) is 6.97. The van der Waals surface area contributed by atoms with Gasteiger partial charge in [0, 0.05) is 40.1 Å². The van der Waals surface area contributed by atoms with E-state index in [4.69, 9.17) is 34.8 Å². The second kappa shape index (κ2) is 15.8. The van der Waals surface area contributed by atoms with Crippen molar-refractivity contribution in [3.05, 3.63) is 128 Å². The zero-order chi connectivity index (χ0) is 33.4. The second-order valence-electron chi connectivity index (χ2n) is 11.0.